The maximum Gasteiger partial charge on any atom is 0.268 e. The van der Waals surface area contributed by atoms with E-state index in [2.05, 4.69) is 41.0 Å². The van der Waals surface area contributed by atoms with Gasteiger partial charge >= 0.3 is 0 Å². The van der Waals surface area contributed by atoms with Crippen molar-refractivity contribution in [1.29, 1.82) is 5.26 Å². The van der Waals surface area contributed by atoms with Gasteiger partial charge in [0.2, 0.25) is 0 Å². The fraction of sp³-hybridized carbons (Fsp3) is 0. The SMILES string of the molecule is N#Cc1ccc(-c2ccc3c4ccccc4n(-c4cccc5c4C(=O)N(c4cc(-c6ccccc6)cc(-c6ccccc6)c4)C5=O)c3c2)cc1. The third-order valence-electron chi connectivity index (χ3n) is 9.55. The van der Waals surface area contributed by atoms with Crippen LogP contribution in [0.25, 0.3) is 60.9 Å². The molecule has 0 saturated heterocycles. The number of anilines is 1. The van der Waals surface area contributed by atoms with E-state index in [-0.39, 0.29) is 11.8 Å². The van der Waals surface area contributed by atoms with Crippen molar-refractivity contribution in [3.05, 3.63) is 180 Å². The van der Waals surface area contributed by atoms with Crippen molar-refractivity contribution in [2.75, 3.05) is 4.90 Å². The van der Waals surface area contributed by atoms with Crippen LogP contribution >= 0.6 is 0 Å². The van der Waals surface area contributed by atoms with Crippen LogP contribution in [-0.4, -0.2) is 16.4 Å². The van der Waals surface area contributed by atoms with Gasteiger partial charge in [-0.3, -0.25) is 9.59 Å². The summed E-state index contributed by atoms with van der Waals surface area (Å²) in [7, 11) is 0. The Morgan fingerprint density at radius 3 is 1.74 bits per heavy atom. The summed E-state index contributed by atoms with van der Waals surface area (Å²) in [6.45, 7) is 0. The molecule has 9 rings (SSSR count). The number of fused-ring (bicyclic) bond motifs is 4. The fourth-order valence-corrected chi connectivity index (χ4v) is 7.17. The van der Waals surface area contributed by atoms with E-state index >= 15 is 0 Å². The van der Waals surface area contributed by atoms with Crippen LogP contribution in [0.2, 0.25) is 0 Å². The van der Waals surface area contributed by atoms with E-state index in [1.54, 1.807) is 6.07 Å². The summed E-state index contributed by atoms with van der Waals surface area (Å²) in [6, 6.07) is 55.6. The molecule has 2 amide bonds. The van der Waals surface area contributed by atoms with Crippen molar-refractivity contribution >= 4 is 39.3 Å². The first-order chi connectivity index (χ1) is 24.6. The highest BCUT2D eigenvalue weighted by Gasteiger charge is 2.39. The number of carbonyl (C=O) groups excluding carboxylic acids is 2. The van der Waals surface area contributed by atoms with Gasteiger partial charge in [0, 0.05) is 10.8 Å². The summed E-state index contributed by atoms with van der Waals surface area (Å²) in [6.07, 6.45) is 0. The zero-order valence-electron chi connectivity index (χ0n) is 26.7. The molecule has 0 radical (unpaired) electrons. The Hall–Kier alpha value is -7.03. The Morgan fingerprint density at radius 1 is 0.460 bits per heavy atom. The van der Waals surface area contributed by atoms with E-state index in [1.165, 1.54) is 4.90 Å². The molecule has 0 spiro atoms. The van der Waals surface area contributed by atoms with Crippen molar-refractivity contribution in [2.24, 2.45) is 0 Å². The Kier molecular flexibility index (Phi) is 6.75. The minimum Gasteiger partial charge on any atom is -0.308 e. The summed E-state index contributed by atoms with van der Waals surface area (Å²) < 4.78 is 2.10. The number of imide groups is 1. The number of nitrogens with zero attached hydrogens (tertiary/aromatic N) is 3. The number of para-hydroxylation sites is 1. The largest absolute Gasteiger partial charge is 0.308 e. The third kappa shape index (κ3) is 4.62. The van der Waals surface area contributed by atoms with Gasteiger partial charge in [0.15, 0.2) is 0 Å². The molecule has 5 nitrogen and oxygen atoms in total. The van der Waals surface area contributed by atoms with Crippen LogP contribution in [0.1, 0.15) is 26.3 Å². The number of aromatic nitrogens is 1. The van der Waals surface area contributed by atoms with Gasteiger partial charge in [0.1, 0.15) is 0 Å². The first kappa shape index (κ1) is 29.1. The number of amides is 2. The molecule has 2 heterocycles. The molecule has 5 heteroatoms. The van der Waals surface area contributed by atoms with Crippen LogP contribution in [0.4, 0.5) is 5.69 Å². The number of carbonyl (C=O) groups is 2. The van der Waals surface area contributed by atoms with Crippen molar-refractivity contribution in [1.82, 2.24) is 4.57 Å². The lowest BCUT2D eigenvalue weighted by molar-refractivity contribution is 0.0926. The van der Waals surface area contributed by atoms with Gasteiger partial charge in [0.05, 0.1) is 45.2 Å². The summed E-state index contributed by atoms with van der Waals surface area (Å²) in [5.74, 6) is -0.714. The van der Waals surface area contributed by atoms with E-state index in [0.29, 0.717) is 28.1 Å². The first-order valence-electron chi connectivity index (χ1n) is 16.4. The maximum atomic E-state index is 14.7. The summed E-state index contributed by atoms with van der Waals surface area (Å²) >= 11 is 0. The van der Waals surface area contributed by atoms with E-state index in [9.17, 15) is 14.9 Å². The molecule has 234 valence electrons. The summed E-state index contributed by atoms with van der Waals surface area (Å²) in [5, 5.41) is 11.4. The number of rotatable bonds is 5. The molecule has 0 unspecified atom stereocenters. The average Bonchev–Trinajstić information content (AvgIpc) is 3.65. The molecular weight excluding hydrogens is 615 g/mol. The highest BCUT2D eigenvalue weighted by Crippen LogP contribution is 2.40. The molecular formula is C45H27N3O2. The molecule has 0 bridgehead atoms. The monoisotopic (exact) mass is 641 g/mol. The zero-order chi connectivity index (χ0) is 33.8. The molecule has 0 saturated carbocycles. The van der Waals surface area contributed by atoms with Crippen LogP contribution in [0.5, 0.6) is 0 Å². The van der Waals surface area contributed by atoms with Crippen molar-refractivity contribution in [3.8, 4) is 45.1 Å². The van der Waals surface area contributed by atoms with Gasteiger partial charge in [-0.15, -0.1) is 0 Å². The molecule has 1 aliphatic rings. The topological polar surface area (TPSA) is 66.1 Å². The van der Waals surface area contributed by atoms with Crippen molar-refractivity contribution in [2.45, 2.75) is 0 Å². The normalized spacial score (nSPS) is 12.4. The highest BCUT2D eigenvalue weighted by molar-refractivity contribution is 6.36. The summed E-state index contributed by atoms with van der Waals surface area (Å²) in [4.78, 5) is 30.3. The lowest BCUT2D eigenvalue weighted by Crippen LogP contribution is -2.29. The third-order valence-corrected chi connectivity index (χ3v) is 9.55. The second kappa shape index (κ2) is 11.6. The Morgan fingerprint density at radius 2 is 1.06 bits per heavy atom. The molecule has 7 aromatic carbocycles. The van der Waals surface area contributed by atoms with Gasteiger partial charge in [-0.1, -0.05) is 109 Å². The van der Waals surface area contributed by atoms with Gasteiger partial charge < -0.3 is 4.57 Å². The number of hydrogen-bond donors (Lipinski definition) is 0. The van der Waals surface area contributed by atoms with Crippen LogP contribution in [0.15, 0.2) is 164 Å². The lowest BCUT2D eigenvalue weighted by atomic mass is 9.97. The fourth-order valence-electron chi connectivity index (χ4n) is 7.17. The minimum atomic E-state index is -0.362. The number of hydrogen-bond acceptors (Lipinski definition) is 3. The molecule has 8 aromatic rings. The van der Waals surface area contributed by atoms with Crippen LogP contribution < -0.4 is 4.90 Å². The van der Waals surface area contributed by atoms with E-state index in [4.69, 9.17) is 0 Å². The van der Waals surface area contributed by atoms with Gasteiger partial charge in [-0.05, 0) is 88.0 Å². The second-order valence-corrected chi connectivity index (χ2v) is 12.4. The number of nitriles is 1. The maximum absolute atomic E-state index is 14.7. The van der Waals surface area contributed by atoms with Crippen LogP contribution in [0.3, 0.4) is 0 Å². The first-order valence-corrected chi connectivity index (χ1v) is 16.4. The quantitative estimate of drug-likeness (QED) is 0.176. The zero-order valence-corrected chi connectivity index (χ0v) is 26.7. The van der Waals surface area contributed by atoms with Gasteiger partial charge in [-0.25, -0.2) is 4.90 Å². The van der Waals surface area contributed by atoms with E-state index in [0.717, 1.165) is 55.2 Å². The predicted octanol–water partition coefficient (Wildman–Crippen LogP) is 10.5. The van der Waals surface area contributed by atoms with E-state index < -0.39 is 0 Å². The molecule has 0 aliphatic carbocycles. The Labute approximate surface area is 288 Å². The van der Waals surface area contributed by atoms with Crippen molar-refractivity contribution in [3.63, 3.8) is 0 Å². The minimum absolute atomic E-state index is 0.352. The predicted molar refractivity (Wildman–Crippen MR) is 199 cm³/mol. The van der Waals surface area contributed by atoms with Gasteiger partial charge in [-0.2, -0.15) is 5.26 Å². The lowest BCUT2D eigenvalue weighted by Gasteiger charge is -2.18. The standard InChI is InChI=1S/C45H27N3O2/c46-28-29-18-20-32(21-19-29)33-22-23-38-37-14-7-8-16-40(37)48(42(38)27-33)41-17-9-15-39-43(41)45(50)47(44(39)49)36-25-34(30-10-3-1-4-11-30)24-35(26-36)31-12-5-2-6-13-31/h1-27H. The molecule has 0 fully saturated rings. The average molecular weight is 642 g/mol. The van der Waals surface area contributed by atoms with Crippen LogP contribution in [0, 0.1) is 11.3 Å². The molecule has 0 atom stereocenters. The molecule has 0 N–H and O–H groups in total. The smallest absolute Gasteiger partial charge is 0.268 e. The van der Waals surface area contributed by atoms with Gasteiger partial charge in [0.25, 0.3) is 11.8 Å². The highest BCUT2D eigenvalue weighted by atomic mass is 16.2. The van der Waals surface area contributed by atoms with Crippen molar-refractivity contribution < 1.29 is 9.59 Å². The second-order valence-electron chi connectivity index (χ2n) is 12.4. The molecule has 1 aromatic heterocycles. The molecule has 1 aliphatic heterocycles. The van der Waals surface area contributed by atoms with Crippen LogP contribution in [-0.2, 0) is 0 Å². The summed E-state index contributed by atoms with van der Waals surface area (Å²) in [5.41, 5.74) is 10.1. The Bertz CT molecular complexity index is 2630. The number of benzene rings is 7. The Balaban J connectivity index is 1.23. The molecule has 50 heavy (non-hydrogen) atoms. The van der Waals surface area contributed by atoms with E-state index in [1.807, 2.05) is 127 Å².